The monoisotopic (exact) mass is 336 g/mol. The predicted molar refractivity (Wildman–Crippen MR) is 96.0 cm³/mol. The van der Waals surface area contributed by atoms with Crippen molar-refractivity contribution in [2.45, 2.75) is 12.8 Å². The third-order valence-electron chi connectivity index (χ3n) is 3.65. The van der Waals surface area contributed by atoms with Gasteiger partial charge >= 0.3 is 6.01 Å². The number of amides is 1. The van der Waals surface area contributed by atoms with E-state index in [-0.39, 0.29) is 5.91 Å². The molecule has 0 atom stereocenters. The van der Waals surface area contributed by atoms with Gasteiger partial charge in [0.25, 0.3) is 0 Å². The standard InChI is InChI=1S/C19H20N4O2/c24-17(20-13-11-15-7-3-1-4-8-15)12-14-21-19-23-22-18(25-19)16-9-5-2-6-10-16/h1-10H,11-14H2,(H,20,24)(H,21,23). The Labute approximate surface area is 146 Å². The second-order valence-corrected chi connectivity index (χ2v) is 5.54. The molecule has 128 valence electrons. The molecule has 25 heavy (non-hydrogen) atoms. The van der Waals surface area contributed by atoms with Crippen LogP contribution in [0.3, 0.4) is 0 Å². The first-order valence-electron chi connectivity index (χ1n) is 8.25. The lowest BCUT2D eigenvalue weighted by molar-refractivity contribution is -0.120. The third kappa shape index (κ3) is 5.17. The van der Waals surface area contributed by atoms with E-state index in [2.05, 4.69) is 20.8 Å². The van der Waals surface area contributed by atoms with Crippen LogP contribution in [0.25, 0.3) is 11.5 Å². The Morgan fingerprint density at radius 2 is 1.64 bits per heavy atom. The molecule has 0 saturated carbocycles. The largest absolute Gasteiger partial charge is 0.403 e. The Morgan fingerprint density at radius 3 is 2.40 bits per heavy atom. The molecule has 0 saturated heterocycles. The van der Waals surface area contributed by atoms with E-state index in [4.69, 9.17) is 4.42 Å². The van der Waals surface area contributed by atoms with E-state index in [0.717, 1.165) is 12.0 Å². The van der Waals surface area contributed by atoms with Crippen molar-refractivity contribution in [2.75, 3.05) is 18.4 Å². The quantitative estimate of drug-likeness (QED) is 0.661. The van der Waals surface area contributed by atoms with E-state index >= 15 is 0 Å². The number of hydrogen-bond donors (Lipinski definition) is 2. The summed E-state index contributed by atoms with van der Waals surface area (Å²) in [5.74, 6) is 0.446. The maximum Gasteiger partial charge on any atom is 0.315 e. The van der Waals surface area contributed by atoms with Gasteiger partial charge in [0.1, 0.15) is 0 Å². The molecule has 2 N–H and O–H groups in total. The van der Waals surface area contributed by atoms with Gasteiger partial charge in [0.2, 0.25) is 11.8 Å². The smallest absolute Gasteiger partial charge is 0.315 e. The fourth-order valence-electron chi connectivity index (χ4n) is 2.35. The van der Waals surface area contributed by atoms with Crippen LogP contribution in [-0.2, 0) is 11.2 Å². The summed E-state index contributed by atoms with van der Waals surface area (Å²) < 4.78 is 5.53. The van der Waals surface area contributed by atoms with E-state index in [0.29, 0.717) is 31.4 Å². The summed E-state index contributed by atoms with van der Waals surface area (Å²) in [4.78, 5) is 11.8. The average molecular weight is 336 g/mol. The van der Waals surface area contributed by atoms with Gasteiger partial charge in [0.15, 0.2) is 0 Å². The highest BCUT2D eigenvalue weighted by atomic mass is 16.4. The third-order valence-corrected chi connectivity index (χ3v) is 3.65. The zero-order chi connectivity index (χ0) is 17.3. The van der Waals surface area contributed by atoms with Crippen LogP contribution < -0.4 is 10.6 Å². The van der Waals surface area contributed by atoms with E-state index in [1.54, 1.807) is 0 Å². The van der Waals surface area contributed by atoms with Crippen LogP contribution in [0.2, 0.25) is 0 Å². The van der Waals surface area contributed by atoms with Crippen LogP contribution in [0, 0.1) is 0 Å². The zero-order valence-electron chi connectivity index (χ0n) is 13.8. The molecule has 3 aromatic rings. The highest BCUT2D eigenvalue weighted by Crippen LogP contribution is 2.18. The summed E-state index contributed by atoms with van der Waals surface area (Å²) in [7, 11) is 0. The van der Waals surface area contributed by atoms with E-state index < -0.39 is 0 Å². The molecule has 0 spiro atoms. The van der Waals surface area contributed by atoms with E-state index in [1.807, 2.05) is 60.7 Å². The van der Waals surface area contributed by atoms with Gasteiger partial charge in [0, 0.05) is 25.1 Å². The zero-order valence-corrected chi connectivity index (χ0v) is 13.8. The summed E-state index contributed by atoms with van der Waals surface area (Å²) >= 11 is 0. The van der Waals surface area contributed by atoms with Gasteiger partial charge in [-0.1, -0.05) is 53.6 Å². The molecule has 3 rings (SSSR count). The number of carbonyl (C=O) groups is 1. The minimum Gasteiger partial charge on any atom is -0.403 e. The SMILES string of the molecule is O=C(CCNc1nnc(-c2ccccc2)o1)NCCc1ccccc1. The number of rotatable bonds is 8. The van der Waals surface area contributed by atoms with Crippen LogP contribution >= 0.6 is 0 Å². The summed E-state index contributed by atoms with van der Waals surface area (Å²) in [5, 5.41) is 13.8. The second kappa shape index (κ2) is 8.63. The lowest BCUT2D eigenvalue weighted by atomic mass is 10.1. The molecule has 0 aliphatic rings. The number of hydrogen-bond acceptors (Lipinski definition) is 5. The Kier molecular flexibility index (Phi) is 5.77. The molecule has 0 aliphatic carbocycles. The number of nitrogens with one attached hydrogen (secondary N) is 2. The fourth-order valence-corrected chi connectivity index (χ4v) is 2.35. The Hall–Kier alpha value is -3.15. The molecule has 0 bridgehead atoms. The molecule has 0 fully saturated rings. The van der Waals surface area contributed by atoms with Crippen LogP contribution in [-0.4, -0.2) is 29.2 Å². The number of anilines is 1. The van der Waals surface area contributed by atoms with Crippen molar-refractivity contribution in [1.82, 2.24) is 15.5 Å². The van der Waals surface area contributed by atoms with Crippen molar-refractivity contribution >= 4 is 11.9 Å². The highest BCUT2D eigenvalue weighted by Gasteiger charge is 2.08. The van der Waals surface area contributed by atoms with Gasteiger partial charge in [-0.15, -0.1) is 5.10 Å². The van der Waals surface area contributed by atoms with Crippen LogP contribution in [0.5, 0.6) is 0 Å². The van der Waals surface area contributed by atoms with Crippen molar-refractivity contribution < 1.29 is 9.21 Å². The number of carbonyl (C=O) groups excluding carboxylic acids is 1. The first-order valence-corrected chi connectivity index (χ1v) is 8.25. The number of aromatic nitrogens is 2. The van der Waals surface area contributed by atoms with Gasteiger partial charge in [-0.3, -0.25) is 4.79 Å². The first kappa shape index (κ1) is 16.7. The number of nitrogens with zero attached hydrogens (tertiary/aromatic N) is 2. The van der Waals surface area contributed by atoms with Gasteiger partial charge in [-0.05, 0) is 24.1 Å². The molecule has 0 aliphatic heterocycles. The highest BCUT2D eigenvalue weighted by molar-refractivity contribution is 5.76. The van der Waals surface area contributed by atoms with Crippen molar-refractivity contribution in [1.29, 1.82) is 0 Å². The van der Waals surface area contributed by atoms with Crippen molar-refractivity contribution in [3.63, 3.8) is 0 Å². The summed E-state index contributed by atoms with van der Waals surface area (Å²) in [6, 6.07) is 19.9. The summed E-state index contributed by atoms with van der Waals surface area (Å²) in [6.07, 6.45) is 1.17. The maximum absolute atomic E-state index is 11.8. The lowest BCUT2D eigenvalue weighted by Gasteiger charge is -2.05. The van der Waals surface area contributed by atoms with Crippen LogP contribution in [0.15, 0.2) is 65.1 Å². The first-order chi connectivity index (χ1) is 12.3. The molecule has 1 heterocycles. The van der Waals surface area contributed by atoms with Crippen molar-refractivity contribution in [2.24, 2.45) is 0 Å². The molecule has 1 aromatic heterocycles. The van der Waals surface area contributed by atoms with E-state index in [9.17, 15) is 4.79 Å². The topological polar surface area (TPSA) is 80.1 Å². The number of benzene rings is 2. The molecular formula is C19H20N4O2. The molecule has 6 nitrogen and oxygen atoms in total. The molecular weight excluding hydrogens is 316 g/mol. The lowest BCUT2D eigenvalue weighted by Crippen LogP contribution is -2.27. The van der Waals surface area contributed by atoms with Crippen molar-refractivity contribution in [3.05, 3.63) is 66.2 Å². The van der Waals surface area contributed by atoms with Crippen LogP contribution in [0.1, 0.15) is 12.0 Å². The molecule has 6 heteroatoms. The second-order valence-electron chi connectivity index (χ2n) is 5.54. The maximum atomic E-state index is 11.8. The normalized spacial score (nSPS) is 10.4. The Morgan fingerprint density at radius 1 is 0.920 bits per heavy atom. The Bertz CT molecular complexity index is 787. The van der Waals surface area contributed by atoms with E-state index in [1.165, 1.54) is 5.56 Å². The van der Waals surface area contributed by atoms with Gasteiger partial charge in [-0.2, -0.15) is 0 Å². The average Bonchev–Trinajstić information content (AvgIpc) is 3.12. The minimum absolute atomic E-state index is 0.00812. The van der Waals surface area contributed by atoms with Crippen molar-refractivity contribution in [3.8, 4) is 11.5 Å². The summed E-state index contributed by atoms with van der Waals surface area (Å²) in [6.45, 7) is 1.06. The minimum atomic E-state index is -0.00812. The fraction of sp³-hybridized carbons (Fsp3) is 0.211. The van der Waals surface area contributed by atoms with Gasteiger partial charge in [0.05, 0.1) is 0 Å². The Balaban J connectivity index is 1.36. The molecule has 0 unspecified atom stereocenters. The summed E-state index contributed by atoms with van der Waals surface area (Å²) in [5.41, 5.74) is 2.07. The predicted octanol–water partition coefficient (Wildman–Crippen LogP) is 2.90. The van der Waals surface area contributed by atoms with Crippen LogP contribution in [0.4, 0.5) is 6.01 Å². The molecule has 2 aromatic carbocycles. The molecule has 0 radical (unpaired) electrons. The van der Waals surface area contributed by atoms with Gasteiger partial charge in [-0.25, -0.2) is 0 Å². The molecule has 1 amide bonds. The van der Waals surface area contributed by atoms with Gasteiger partial charge < -0.3 is 15.1 Å².